The normalized spacial score (nSPS) is 12.1. The van der Waals surface area contributed by atoms with Crippen LogP contribution in [-0.4, -0.2) is 36.5 Å². The first-order valence-corrected chi connectivity index (χ1v) is 9.38. The summed E-state index contributed by atoms with van der Waals surface area (Å²) in [5.74, 6) is -0.0500. The zero-order valence-corrected chi connectivity index (χ0v) is 16.1. The number of hydrogen-bond acceptors (Lipinski definition) is 2. The third-order valence-corrected chi connectivity index (χ3v) is 5.12. The van der Waals surface area contributed by atoms with Crippen molar-refractivity contribution in [3.05, 3.63) is 89.9 Å². The highest BCUT2D eigenvalue weighted by Crippen LogP contribution is 2.31. The van der Waals surface area contributed by atoms with E-state index in [1.807, 2.05) is 32.3 Å². The number of nitrogens with one attached hydrogen (secondary N) is 3. The van der Waals surface area contributed by atoms with Gasteiger partial charge in [-0.3, -0.25) is 4.79 Å². The van der Waals surface area contributed by atoms with Gasteiger partial charge in [0.15, 0.2) is 0 Å². The second-order valence-corrected chi connectivity index (χ2v) is 7.12. The minimum Gasteiger partial charge on any atom is -0.378 e. The minimum absolute atomic E-state index is 0.0475. The number of nitrogens with zero attached hydrogens (tertiary/aromatic N) is 1. The molecule has 0 radical (unpaired) electrons. The standard InChI is InChI=1S/C23H24N4O/c1-27(2)17-11-9-16(10-12-17)19(14-26-23(28)22-8-5-13-24-22)20-15-25-21-7-4-3-6-18(20)21/h3-13,15,19,24-25H,14H2,1-2H3,(H,26,28)/t19-/m1/s1. The molecular formula is C23H24N4O. The monoisotopic (exact) mass is 372 g/mol. The van der Waals surface area contributed by atoms with Crippen molar-refractivity contribution in [3.63, 3.8) is 0 Å². The number of H-pyrrole nitrogens is 2. The van der Waals surface area contributed by atoms with E-state index in [9.17, 15) is 4.79 Å². The molecule has 4 aromatic rings. The number of para-hydroxylation sites is 1. The van der Waals surface area contributed by atoms with Crippen molar-refractivity contribution in [3.8, 4) is 0 Å². The number of rotatable bonds is 6. The molecule has 1 amide bonds. The Morgan fingerprint density at radius 2 is 1.79 bits per heavy atom. The Balaban J connectivity index is 1.67. The SMILES string of the molecule is CN(C)c1ccc([C@@H](CNC(=O)c2ccc[nH]2)c2c[nH]c3ccccc23)cc1. The smallest absolute Gasteiger partial charge is 0.267 e. The maximum absolute atomic E-state index is 12.5. The van der Waals surface area contributed by atoms with Crippen LogP contribution in [0.2, 0.25) is 0 Å². The Morgan fingerprint density at radius 3 is 2.50 bits per heavy atom. The van der Waals surface area contributed by atoms with E-state index >= 15 is 0 Å². The van der Waals surface area contributed by atoms with Gasteiger partial charge in [0.2, 0.25) is 0 Å². The highest BCUT2D eigenvalue weighted by Gasteiger charge is 2.20. The number of carbonyl (C=O) groups is 1. The molecule has 0 saturated carbocycles. The maximum Gasteiger partial charge on any atom is 0.267 e. The van der Waals surface area contributed by atoms with E-state index in [-0.39, 0.29) is 11.8 Å². The van der Waals surface area contributed by atoms with Crippen LogP contribution in [0, 0.1) is 0 Å². The van der Waals surface area contributed by atoms with E-state index in [2.05, 4.69) is 62.8 Å². The zero-order chi connectivity index (χ0) is 19.5. The van der Waals surface area contributed by atoms with Gasteiger partial charge in [-0.1, -0.05) is 30.3 Å². The predicted octanol–water partition coefficient (Wildman–Crippen LogP) is 4.12. The van der Waals surface area contributed by atoms with Crippen molar-refractivity contribution >= 4 is 22.5 Å². The molecule has 0 aliphatic heterocycles. The Kier molecular flexibility index (Phi) is 4.89. The maximum atomic E-state index is 12.5. The van der Waals surface area contributed by atoms with Crippen LogP contribution in [0.3, 0.4) is 0 Å². The van der Waals surface area contributed by atoms with E-state index in [0.29, 0.717) is 12.2 Å². The molecule has 1 atom stereocenters. The molecule has 5 nitrogen and oxygen atoms in total. The molecule has 3 N–H and O–H groups in total. The first-order chi connectivity index (χ1) is 13.6. The van der Waals surface area contributed by atoms with E-state index in [1.165, 1.54) is 16.5 Å². The van der Waals surface area contributed by atoms with E-state index in [4.69, 9.17) is 0 Å². The summed E-state index contributed by atoms with van der Waals surface area (Å²) >= 11 is 0. The summed E-state index contributed by atoms with van der Waals surface area (Å²) in [6.07, 6.45) is 3.81. The Labute approximate surface area is 164 Å². The molecule has 0 bridgehead atoms. The third kappa shape index (κ3) is 3.51. The first kappa shape index (κ1) is 17.9. The van der Waals surface area contributed by atoms with Crippen molar-refractivity contribution < 1.29 is 4.79 Å². The largest absolute Gasteiger partial charge is 0.378 e. The van der Waals surface area contributed by atoms with Crippen LogP contribution < -0.4 is 10.2 Å². The quantitative estimate of drug-likeness (QED) is 0.477. The fourth-order valence-corrected chi connectivity index (χ4v) is 3.56. The van der Waals surface area contributed by atoms with Crippen LogP contribution in [0.25, 0.3) is 10.9 Å². The molecule has 5 heteroatoms. The molecule has 2 aromatic carbocycles. The zero-order valence-electron chi connectivity index (χ0n) is 16.1. The fraction of sp³-hybridized carbons (Fsp3) is 0.174. The molecule has 0 saturated heterocycles. The van der Waals surface area contributed by atoms with E-state index in [1.54, 1.807) is 12.3 Å². The lowest BCUT2D eigenvalue weighted by molar-refractivity contribution is 0.0948. The summed E-state index contributed by atoms with van der Waals surface area (Å²) in [5.41, 5.74) is 5.17. The van der Waals surface area contributed by atoms with E-state index < -0.39 is 0 Å². The average molecular weight is 372 g/mol. The number of aromatic nitrogens is 2. The van der Waals surface area contributed by atoms with E-state index in [0.717, 1.165) is 11.2 Å². The van der Waals surface area contributed by atoms with Gasteiger partial charge in [0.25, 0.3) is 5.91 Å². The number of anilines is 1. The number of carbonyl (C=O) groups excluding carboxylic acids is 1. The first-order valence-electron chi connectivity index (χ1n) is 9.38. The third-order valence-electron chi connectivity index (χ3n) is 5.12. The average Bonchev–Trinajstić information content (AvgIpc) is 3.39. The summed E-state index contributed by atoms with van der Waals surface area (Å²) in [6.45, 7) is 0.515. The molecule has 142 valence electrons. The van der Waals surface area contributed by atoms with Gasteiger partial charge >= 0.3 is 0 Å². The summed E-state index contributed by atoms with van der Waals surface area (Å²) in [4.78, 5) is 20.9. The lowest BCUT2D eigenvalue weighted by Crippen LogP contribution is -2.29. The molecule has 28 heavy (non-hydrogen) atoms. The van der Waals surface area contributed by atoms with Crippen LogP contribution >= 0.6 is 0 Å². The van der Waals surface area contributed by atoms with Crippen molar-refractivity contribution in [1.82, 2.24) is 15.3 Å². The van der Waals surface area contributed by atoms with Gasteiger partial charge < -0.3 is 20.2 Å². The van der Waals surface area contributed by atoms with Crippen LogP contribution in [0.15, 0.2) is 73.1 Å². The molecule has 4 rings (SSSR count). The van der Waals surface area contributed by atoms with Gasteiger partial charge in [-0.25, -0.2) is 0 Å². The van der Waals surface area contributed by atoms with Gasteiger partial charge in [0, 0.05) is 55.5 Å². The molecule has 2 aromatic heterocycles. The molecule has 2 heterocycles. The minimum atomic E-state index is -0.0975. The molecule has 0 spiro atoms. The number of benzene rings is 2. The highest BCUT2D eigenvalue weighted by atomic mass is 16.1. The van der Waals surface area contributed by atoms with Crippen molar-refractivity contribution in [2.24, 2.45) is 0 Å². The highest BCUT2D eigenvalue weighted by molar-refractivity contribution is 5.92. The Bertz CT molecular complexity index is 1060. The van der Waals surface area contributed by atoms with Crippen LogP contribution in [0.1, 0.15) is 27.5 Å². The van der Waals surface area contributed by atoms with Gasteiger partial charge in [0.05, 0.1) is 0 Å². The number of fused-ring (bicyclic) bond motifs is 1. The molecular weight excluding hydrogens is 348 g/mol. The lowest BCUT2D eigenvalue weighted by Gasteiger charge is -2.20. The fourth-order valence-electron chi connectivity index (χ4n) is 3.56. The van der Waals surface area contributed by atoms with Gasteiger partial charge in [0.1, 0.15) is 5.69 Å². The Morgan fingerprint density at radius 1 is 1.00 bits per heavy atom. The molecule has 0 fully saturated rings. The topological polar surface area (TPSA) is 63.9 Å². The Hall–Kier alpha value is -3.47. The second kappa shape index (κ2) is 7.64. The second-order valence-electron chi connectivity index (χ2n) is 7.12. The molecule has 0 aliphatic rings. The van der Waals surface area contributed by atoms with Crippen molar-refractivity contribution in [1.29, 1.82) is 0 Å². The molecule has 0 unspecified atom stereocenters. The van der Waals surface area contributed by atoms with Crippen molar-refractivity contribution in [2.75, 3.05) is 25.5 Å². The number of amides is 1. The summed E-state index contributed by atoms with van der Waals surface area (Å²) in [6, 6.07) is 20.4. The number of aromatic amines is 2. The predicted molar refractivity (Wildman–Crippen MR) is 114 cm³/mol. The van der Waals surface area contributed by atoms with Crippen molar-refractivity contribution in [2.45, 2.75) is 5.92 Å². The van der Waals surface area contributed by atoms with Gasteiger partial charge in [-0.2, -0.15) is 0 Å². The number of hydrogen-bond donors (Lipinski definition) is 3. The molecule has 0 aliphatic carbocycles. The summed E-state index contributed by atoms with van der Waals surface area (Å²) in [5, 5.41) is 4.26. The van der Waals surface area contributed by atoms with Crippen LogP contribution in [-0.2, 0) is 0 Å². The summed E-state index contributed by atoms with van der Waals surface area (Å²) < 4.78 is 0. The summed E-state index contributed by atoms with van der Waals surface area (Å²) in [7, 11) is 4.06. The lowest BCUT2D eigenvalue weighted by atomic mass is 9.90. The van der Waals surface area contributed by atoms with Gasteiger partial charge in [-0.15, -0.1) is 0 Å². The van der Waals surface area contributed by atoms with Crippen LogP contribution in [0.5, 0.6) is 0 Å². The van der Waals surface area contributed by atoms with Gasteiger partial charge in [-0.05, 0) is 41.5 Å². The van der Waals surface area contributed by atoms with Crippen LogP contribution in [0.4, 0.5) is 5.69 Å².